The molecule has 7 heteroatoms. The number of aromatic nitrogens is 1. The number of methoxy groups -OCH3 is 3. The van der Waals surface area contributed by atoms with Crippen molar-refractivity contribution in [2.75, 3.05) is 21.3 Å². The average molecular weight is 330 g/mol. The van der Waals surface area contributed by atoms with Crippen molar-refractivity contribution < 1.29 is 14.2 Å². The third-order valence-corrected chi connectivity index (χ3v) is 3.36. The summed E-state index contributed by atoms with van der Waals surface area (Å²) >= 11 is 0. The molecule has 1 aromatic carbocycles. The summed E-state index contributed by atoms with van der Waals surface area (Å²) in [6.07, 6.45) is 1.71. The number of benzene rings is 1. The Balaban J connectivity index is 1.90. The van der Waals surface area contributed by atoms with Gasteiger partial charge in [0.25, 0.3) is 0 Å². The van der Waals surface area contributed by atoms with Gasteiger partial charge in [0.1, 0.15) is 0 Å². The van der Waals surface area contributed by atoms with Gasteiger partial charge in [-0.3, -0.25) is 0 Å². The fourth-order valence-corrected chi connectivity index (χ4v) is 2.04. The van der Waals surface area contributed by atoms with Crippen molar-refractivity contribution in [3.8, 4) is 17.4 Å². The van der Waals surface area contributed by atoms with Crippen molar-refractivity contribution >= 4 is 5.96 Å². The number of hydrogen-bond acceptors (Lipinski definition) is 5. The standard InChI is InChI=1S/C17H22N4O3/c1-22-14-6-4-12(8-15(14)23-2)9-20-17(18)21-11-13-5-7-16(24-3)19-10-13/h4-8,10H,9,11H2,1-3H3,(H3,18,20,21). The van der Waals surface area contributed by atoms with Crippen LogP contribution in [-0.4, -0.2) is 32.3 Å². The Morgan fingerprint density at radius 2 is 1.79 bits per heavy atom. The zero-order chi connectivity index (χ0) is 17.4. The maximum atomic E-state index is 5.89. The van der Waals surface area contributed by atoms with Crippen molar-refractivity contribution in [1.29, 1.82) is 0 Å². The minimum absolute atomic E-state index is 0.362. The average Bonchev–Trinajstić information content (AvgIpc) is 2.64. The molecule has 0 aliphatic carbocycles. The third-order valence-electron chi connectivity index (χ3n) is 3.36. The number of aliphatic imine (C=N–C) groups is 1. The molecule has 0 saturated heterocycles. The molecule has 1 heterocycles. The van der Waals surface area contributed by atoms with Crippen LogP contribution in [0.3, 0.4) is 0 Å². The smallest absolute Gasteiger partial charge is 0.212 e. The van der Waals surface area contributed by atoms with Gasteiger partial charge in [0.2, 0.25) is 5.88 Å². The molecular formula is C17H22N4O3. The molecule has 0 unspecified atom stereocenters. The van der Waals surface area contributed by atoms with Gasteiger partial charge in [-0.2, -0.15) is 0 Å². The van der Waals surface area contributed by atoms with Gasteiger partial charge >= 0.3 is 0 Å². The summed E-state index contributed by atoms with van der Waals surface area (Å²) < 4.78 is 15.5. The van der Waals surface area contributed by atoms with Crippen LogP contribution in [0.25, 0.3) is 0 Å². The van der Waals surface area contributed by atoms with Crippen molar-refractivity contribution in [3.63, 3.8) is 0 Å². The minimum Gasteiger partial charge on any atom is -0.493 e. The number of ether oxygens (including phenoxy) is 3. The molecule has 0 bridgehead atoms. The van der Waals surface area contributed by atoms with Gasteiger partial charge in [-0.05, 0) is 23.3 Å². The molecule has 3 N–H and O–H groups in total. The largest absolute Gasteiger partial charge is 0.493 e. The first-order chi connectivity index (χ1) is 11.7. The number of rotatable bonds is 7. The van der Waals surface area contributed by atoms with Gasteiger partial charge in [0.15, 0.2) is 17.5 Å². The first-order valence-corrected chi connectivity index (χ1v) is 7.40. The van der Waals surface area contributed by atoms with Crippen LogP contribution in [-0.2, 0) is 13.1 Å². The van der Waals surface area contributed by atoms with Crippen molar-refractivity contribution in [2.24, 2.45) is 10.7 Å². The summed E-state index contributed by atoms with van der Waals surface area (Å²) in [6, 6.07) is 9.38. The highest BCUT2D eigenvalue weighted by molar-refractivity contribution is 5.77. The zero-order valence-corrected chi connectivity index (χ0v) is 14.1. The van der Waals surface area contributed by atoms with Crippen LogP contribution in [0.2, 0.25) is 0 Å². The van der Waals surface area contributed by atoms with Crippen LogP contribution < -0.4 is 25.3 Å². The third kappa shape index (κ3) is 4.77. The Labute approximate surface area is 141 Å². The number of nitrogens with zero attached hydrogens (tertiary/aromatic N) is 2. The lowest BCUT2D eigenvalue weighted by Gasteiger charge is -2.10. The molecule has 0 atom stereocenters. The van der Waals surface area contributed by atoms with Crippen LogP contribution in [0.5, 0.6) is 17.4 Å². The van der Waals surface area contributed by atoms with E-state index in [0.29, 0.717) is 36.4 Å². The van der Waals surface area contributed by atoms with E-state index in [1.807, 2.05) is 24.3 Å². The molecule has 1 aromatic heterocycles. The molecule has 0 fully saturated rings. The van der Waals surface area contributed by atoms with Crippen molar-refractivity contribution in [3.05, 3.63) is 47.7 Å². The molecule has 2 aromatic rings. The monoisotopic (exact) mass is 330 g/mol. The summed E-state index contributed by atoms with van der Waals surface area (Å²) in [5.41, 5.74) is 7.85. The van der Waals surface area contributed by atoms with E-state index in [1.165, 1.54) is 0 Å². The second-order valence-electron chi connectivity index (χ2n) is 4.95. The highest BCUT2D eigenvalue weighted by atomic mass is 16.5. The minimum atomic E-state index is 0.362. The Hall–Kier alpha value is -2.96. The summed E-state index contributed by atoms with van der Waals surface area (Å²) in [7, 11) is 4.79. The van der Waals surface area contributed by atoms with E-state index >= 15 is 0 Å². The molecule has 2 rings (SSSR count). The van der Waals surface area contributed by atoms with Crippen molar-refractivity contribution in [1.82, 2.24) is 10.3 Å². The Kier molecular flexibility index (Phi) is 6.24. The van der Waals surface area contributed by atoms with Gasteiger partial charge in [-0.25, -0.2) is 9.98 Å². The molecule has 0 aliphatic heterocycles. The molecule has 7 nitrogen and oxygen atoms in total. The van der Waals surface area contributed by atoms with Crippen LogP contribution in [0.1, 0.15) is 11.1 Å². The van der Waals surface area contributed by atoms with Crippen molar-refractivity contribution in [2.45, 2.75) is 13.1 Å². The molecular weight excluding hydrogens is 308 g/mol. The Morgan fingerprint density at radius 1 is 1.04 bits per heavy atom. The number of guanidine groups is 1. The van der Waals surface area contributed by atoms with E-state index in [-0.39, 0.29) is 0 Å². The predicted molar refractivity (Wildman–Crippen MR) is 92.5 cm³/mol. The second-order valence-corrected chi connectivity index (χ2v) is 4.95. The lowest BCUT2D eigenvalue weighted by molar-refractivity contribution is 0.354. The van der Waals surface area contributed by atoms with Gasteiger partial charge in [-0.1, -0.05) is 12.1 Å². The van der Waals surface area contributed by atoms with Crippen LogP contribution in [0, 0.1) is 0 Å². The lowest BCUT2D eigenvalue weighted by Crippen LogP contribution is -2.31. The second kappa shape index (κ2) is 8.61. The molecule has 0 spiro atoms. The zero-order valence-electron chi connectivity index (χ0n) is 14.1. The molecule has 0 radical (unpaired) electrons. The highest BCUT2D eigenvalue weighted by Gasteiger charge is 2.04. The summed E-state index contributed by atoms with van der Waals surface area (Å²) in [5.74, 6) is 2.30. The maximum Gasteiger partial charge on any atom is 0.212 e. The molecule has 0 aliphatic rings. The summed E-state index contributed by atoms with van der Waals surface area (Å²) in [4.78, 5) is 8.41. The Bertz CT molecular complexity index is 687. The predicted octanol–water partition coefficient (Wildman–Crippen LogP) is 1.71. The quantitative estimate of drug-likeness (QED) is 0.593. The van der Waals surface area contributed by atoms with Gasteiger partial charge in [0.05, 0.1) is 27.9 Å². The van der Waals surface area contributed by atoms with Gasteiger partial charge in [0, 0.05) is 18.8 Å². The van der Waals surface area contributed by atoms with E-state index < -0.39 is 0 Å². The van der Waals surface area contributed by atoms with E-state index in [4.69, 9.17) is 19.9 Å². The van der Waals surface area contributed by atoms with Gasteiger partial charge in [-0.15, -0.1) is 0 Å². The van der Waals surface area contributed by atoms with Gasteiger partial charge < -0.3 is 25.3 Å². The lowest BCUT2D eigenvalue weighted by atomic mass is 10.2. The molecule has 0 amide bonds. The normalized spacial score (nSPS) is 11.0. The highest BCUT2D eigenvalue weighted by Crippen LogP contribution is 2.27. The van der Waals surface area contributed by atoms with E-state index in [2.05, 4.69) is 15.3 Å². The number of nitrogens with one attached hydrogen (secondary N) is 1. The van der Waals surface area contributed by atoms with Crippen LogP contribution >= 0.6 is 0 Å². The Morgan fingerprint density at radius 3 is 2.42 bits per heavy atom. The molecule has 0 saturated carbocycles. The first-order valence-electron chi connectivity index (χ1n) is 7.40. The van der Waals surface area contributed by atoms with E-state index in [0.717, 1.165) is 11.1 Å². The summed E-state index contributed by atoms with van der Waals surface area (Å²) in [6.45, 7) is 0.984. The topological polar surface area (TPSA) is 91.0 Å². The van der Waals surface area contributed by atoms with Crippen LogP contribution in [0.4, 0.5) is 0 Å². The first kappa shape index (κ1) is 17.4. The maximum absolute atomic E-state index is 5.89. The summed E-state index contributed by atoms with van der Waals surface area (Å²) in [5, 5.41) is 3.07. The van der Waals surface area contributed by atoms with Crippen LogP contribution in [0.15, 0.2) is 41.5 Å². The number of hydrogen-bond donors (Lipinski definition) is 2. The fourth-order valence-electron chi connectivity index (χ4n) is 2.04. The van der Waals surface area contributed by atoms with E-state index in [1.54, 1.807) is 33.6 Å². The SMILES string of the molecule is COc1ccc(CN=C(N)NCc2ccc(OC)c(OC)c2)cn1. The molecule has 24 heavy (non-hydrogen) atoms. The number of nitrogens with two attached hydrogens (primary N) is 1. The van der Waals surface area contributed by atoms with E-state index in [9.17, 15) is 0 Å². The molecule has 128 valence electrons. The fraction of sp³-hybridized carbons (Fsp3) is 0.294. The number of pyridine rings is 1.